The van der Waals surface area contributed by atoms with E-state index in [1.807, 2.05) is 12.3 Å². The molecular weight excluding hydrogens is 322 g/mol. The largest absolute Gasteiger partial charge is 0.343 e. The fraction of sp³-hybridized carbons (Fsp3) is 0.133. The van der Waals surface area contributed by atoms with Gasteiger partial charge in [-0.3, -0.25) is 9.59 Å². The summed E-state index contributed by atoms with van der Waals surface area (Å²) in [6.45, 7) is 1.78. The molecule has 1 aromatic carbocycles. The molecule has 0 bridgehead atoms. The van der Waals surface area contributed by atoms with E-state index in [1.165, 1.54) is 17.4 Å². The number of nitrogens with zero attached hydrogens (tertiary/aromatic N) is 1. The molecule has 0 aliphatic heterocycles. The van der Waals surface area contributed by atoms with Crippen LogP contribution in [-0.4, -0.2) is 23.3 Å². The minimum absolute atomic E-state index is 0.109. The van der Waals surface area contributed by atoms with Crippen LogP contribution in [0.25, 0.3) is 6.08 Å². The van der Waals surface area contributed by atoms with E-state index in [0.29, 0.717) is 10.7 Å². The number of amides is 2. The van der Waals surface area contributed by atoms with E-state index < -0.39 is 0 Å². The SMILES string of the molecule is Cc1nc(/C=C\C(=O)NCC(=O)Nc2ccc(Cl)cc2)cs1. The Morgan fingerprint density at radius 2 is 2.05 bits per heavy atom. The van der Waals surface area contributed by atoms with Gasteiger partial charge in [0.15, 0.2) is 0 Å². The standard InChI is InChI=1S/C15H14ClN3O2S/c1-10-18-13(9-22-10)6-7-14(20)17-8-15(21)19-12-4-2-11(16)3-5-12/h2-7,9H,8H2,1H3,(H,17,20)(H,19,21)/b7-6-. The van der Waals surface area contributed by atoms with Crippen LogP contribution in [0.3, 0.4) is 0 Å². The summed E-state index contributed by atoms with van der Waals surface area (Å²) < 4.78 is 0. The van der Waals surface area contributed by atoms with Crippen LogP contribution < -0.4 is 10.6 Å². The minimum atomic E-state index is -0.350. The van der Waals surface area contributed by atoms with Crippen molar-refractivity contribution in [3.05, 3.63) is 51.4 Å². The number of carbonyl (C=O) groups excluding carboxylic acids is 2. The molecule has 0 aliphatic rings. The van der Waals surface area contributed by atoms with Crippen molar-refractivity contribution in [1.29, 1.82) is 0 Å². The third-order valence-corrected chi connectivity index (χ3v) is 3.64. The van der Waals surface area contributed by atoms with Crippen molar-refractivity contribution in [3.63, 3.8) is 0 Å². The lowest BCUT2D eigenvalue weighted by molar-refractivity contribution is -0.121. The van der Waals surface area contributed by atoms with Gasteiger partial charge in [0.2, 0.25) is 11.8 Å². The highest BCUT2D eigenvalue weighted by molar-refractivity contribution is 7.09. The third kappa shape index (κ3) is 5.31. The van der Waals surface area contributed by atoms with Crippen molar-refractivity contribution in [1.82, 2.24) is 10.3 Å². The summed E-state index contributed by atoms with van der Waals surface area (Å²) in [5, 5.41) is 8.54. The molecule has 0 spiro atoms. The number of hydrogen-bond donors (Lipinski definition) is 2. The number of thiazole rings is 1. The smallest absolute Gasteiger partial charge is 0.244 e. The van der Waals surface area contributed by atoms with Crippen LogP contribution in [-0.2, 0) is 9.59 Å². The van der Waals surface area contributed by atoms with Gasteiger partial charge in [-0.25, -0.2) is 4.98 Å². The lowest BCUT2D eigenvalue weighted by Crippen LogP contribution is -2.31. The maximum Gasteiger partial charge on any atom is 0.244 e. The normalized spacial score (nSPS) is 10.6. The van der Waals surface area contributed by atoms with Crippen molar-refractivity contribution in [2.45, 2.75) is 6.92 Å². The molecule has 0 unspecified atom stereocenters. The van der Waals surface area contributed by atoms with Gasteiger partial charge in [0, 0.05) is 22.2 Å². The zero-order valence-corrected chi connectivity index (χ0v) is 13.4. The van der Waals surface area contributed by atoms with E-state index in [9.17, 15) is 9.59 Å². The summed E-state index contributed by atoms with van der Waals surface area (Å²) in [6, 6.07) is 6.72. The summed E-state index contributed by atoms with van der Waals surface area (Å²) >= 11 is 7.26. The predicted octanol–water partition coefficient (Wildman–Crippen LogP) is 2.87. The number of aromatic nitrogens is 1. The van der Waals surface area contributed by atoms with Crippen LogP contribution in [0.2, 0.25) is 5.02 Å². The molecular formula is C15H14ClN3O2S. The Labute approximate surface area is 137 Å². The second-order valence-electron chi connectivity index (χ2n) is 4.40. The molecule has 22 heavy (non-hydrogen) atoms. The first kappa shape index (κ1) is 16.2. The van der Waals surface area contributed by atoms with Gasteiger partial charge < -0.3 is 10.6 Å². The third-order valence-electron chi connectivity index (χ3n) is 2.59. The molecule has 0 atom stereocenters. The summed E-state index contributed by atoms with van der Waals surface area (Å²) in [4.78, 5) is 27.5. The molecule has 114 valence electrons. The monoisotopic (exact) mass is 335 g/mol. The zero-order chi connectivity index (χ0) is 15.9. The lowest BCUT2D eigenvalue weighted by Gasteiger charge is -2.05. The second-order valence-corrected chi connectivity index (χ2v) is 5.90. The Morgan fingerprint density at radius 3 is 2.68 bits per heavy atom. The van der Waals surface area contributed by atoms with Gasteiger partial charge >= 0.3 is 0 Å². The average Bonchev–Trinajstić information content (AvgIpc) is 2.91. The maximum atomic E-state index is 11.7. The molecule has 0 saturated carbocycles. The molecule has 0 radical (unpaired) electrons. The molecule has 1 aromatic heterocycles. The molecule has 2 amide bonds. The predicted molar refractivity (Wildman–Crippen MR) is 89.0 cm³/mol. The van der Waals surface area contributed by atoms with Crippen LogP contribution in [0.4, 0.5) is 5.69 Å². The molecule has 2 rings (SSSR count). The summed E-state index contributed by atoms with van der Waals surface area (Å²) in [7, 11) is 0. The number of nitrogens with one attached hydrogen (secondary N) is 2. The Bertz CT molecular complexity index is 695. The first-order valence-electron chi connectivity index (χ1n) is 6.46. The van der Waals surface area contributed by atoms with E-state index in [4.69, 9.17) is 11.6 Å². The van der Waals surface area contributed by atoms with Crippen molar-refractivity contribution >= 4 is 46.5 Å². The Kier molecular flexibility index (Phi) is 5.68. The zero-order valence-electron chi connectivity index (χ0n) is 11.8. The van der Waals surface area contributed by atoms with Crippen LogP contribution in [0.1, 0.15) is 10.7 Å². The second kappa shape index (κ2) is 7.72. The molecule has 2 N–H and O–H groups in total. The highest BCUT2D eigenvalue weighted by Crippen LogP contribution is 2.13. The number of benzene rings is 1. The number of rotatable bonds is 5. The van der Waals surface area contributed by atoms with Crippen LogP contribution in [0.5, 0.6) is 0 Å². The van der Waals surface area contributed by atoms with Gasteiger partial charge in [-0.2, -0.15) is 0 Å². The molecule has 7 heteroatoms. The summed E-state index contributed by atoms with van der Waals surface area (Å²) in [5.41, 5.74) is 1.35. The fourth-order valence-corrected chi connectivity index (χ4v) is 2.29. The van der Waals surface area contributed by atoms with Crippen LogP contribution in [0, 0.1) is 6.92 Å². The maximum absolute atomic E-state index is 11.7. The number of aryl methyl sites for hydroxylation is 1. The summed E-state index contributed by atoms with van der Waals surface area (Å²) in [5.74, 6) is -0.662. The van der Waals surface area contributed by atoms with Crippen molar-refractivity contribution in [2.24, 2.45) is 0 Å². The van der Waals surface area contributed by atoms with Crippen molar-refractivity contribution in [2.75, 3.05) is 11.9 Å². The summed E-state index contributed by atoms with van der Waals surface area (Å²) in [6.07, 6.45) is 2.96. The van der Waals surface area contributed by atoms with Gasteiger partial charge in [-0.05, 0) is 37.3 Å². The minimum Gasteiger partial charge on any atom is -0.343 e. The first-order valence-corrected chi connectivity index (χ1v) is 7.72. The van der Waals surface area contributed by atoms with Gasteiger partial charge in [0.05, 0.1) is 17.2 Å². The fourth-order valence-electron chi connectivity index (χ4n) is 1.58. The Hall–Kier alpha value is -2.18. The Morgan fingerprint density at radius 1 is 1.32 bits per heavy atom. The topological polar surface area (TPSA) is 71.1 Å². The van der Waals surface area contributed by atoms with Crippen LogP contribution in [0.15, 0.2) is 35.7 Å². The van der Waals surface area contributed by atoms with E-state index >= 15 is 0 Å². The number of halogens is 1. The molecule has 2 aromatic rings. The number of hydrogen-bond acceptors (Lipinski definition) is 4. The van der Waals surface area contributed by atoms with Crippen molar-refractivity contribution in [3.8, 4) is 0 Å². The van der Waals surface area contributed by atoms with Crippen molar-refractivity contribution < 1.29 is 9.59 Å². The van der Waals surface area contributed by atoms with Crippen LogP contribution >= 0.6 is 22.9 Å². The Balaban J connectivity index is 1.77. The first-order chi connectivity index (χ1) is 10.5. The lowest BCUT2D eigenvalue weighted by atomic mass is 10.3. The van der Waals surface area contributed by atoms with Gasteiger partial charge in [-0.1, -0.05) is 11.6 Å². The van der Waals surface area contributed by atoms with E-state index in [-0.39, 0.29) is 18.4 Å². The number of carbonyl (C=O) groups is 2. The average molecular weight is 336 g/mol. The molecule has 0 fully saturated rings. The molecule has 1 heterocycles. The molecule has 0 aliphatic carbocycles. The van der Waals surface area contributed by atoms with E-state index in [2.05, 4.69) is 15.6 Å². The van der Waals surface area contributed by atoms with E-state index in [0.717, 1.165) is 10.7 Å². The van der Waals surface area contributed by atoms with Gasteiger partial charge in [0.1, 0.15) is 0 Å². The van der Waals surface area contributed by atoms with Gasteiger partial charge in [-0.15, -0.1) is 11.3 Å². The molecule has 0 saturated heterocycles. The van der Waals surface area contributed by atoms with E-state index in [1.54, 1.807) is 30.3 Å². The highest BCUT2D eigenvalue weighted by Gasteiger charge is 2.04. The number of anilines is 1. The molecule has 5 nitrogen and oxygen atoms in total. The quantitative estimate of drug-likeness (QED) is 0.825. The highest BCUT2D eigenvalue weighted by atomic mass is 35.5. The van der Waals surface area contributed by atoms with Gasteiger partial charge in [0.25, 0.3) is 0 Å².